The van der Waals surface area contributed by atoms with Crippen molar-refractivity contribution in [2.75, 3.05) is 6.54 Å². The number of nitriles is 1. The Bertz CT molecular complexity index is 363. The predicted molar refractivity (Wildman–Crippen MR) is 62.4 cm³/mol. The molecule has 0 spiro atoms. The van der Waals surface area contributed by atoms with Gasteiger partial charge in [-0.1, -0.05) is 37.3 Å². The summed E-state index contributed by atoms with van der Waals surface area (Å²) in [4.78, 5) is 0. The fourth-order valence-corrected chi connectivity index (χ4v) is 1.56. The molecule has 78 valence electrons. The quantitative estimate of drug-likeness (QED) is 0.741. The van der Waals surface area contributed by atoms with Crippen molar-refractivity contribution in [3.05, 3.63) is 48.0 Å². The van der Waals surface area contributed by atoms with Crippen LogP contribution in [0.15, 0.2) is 36.9 Å². The van der Waals surface area contributed by atoms with Crippen LogP contribution in [0, 0.1) is 11.3 Å². The Morgan fingerprint density at radius 1 is 1.53 bits per heavy atom. The highest BCUT2D eigenvalue weighted by molar-refractivity contribution is 5.33. The first kappa shape index (κ1) is 11.5. The van der Waals surface area contributed by atoms with Crippen molar-refractivity contribution >= 4 is 0 Å². The highest BCUT2D eigenvalue weighted by atomic mass is 14.9. The fraction of sp³-hybridized carbons (Fsp3) is 0.308. The normalized spacial score (nSPS) is 11.7. The van der Waals surface area contributed by atoms with E-state index in [1.807, 2.05) is 18.2 Å². The number of hydrogen-bond donors (Lipinski definition) is 1. The average Bonchev–Trinajstić information content (AvgIpc) is 2.30. The summed E-state index contributed by atoms with van der Waals surface area (Å²) in [7, 11) is 0. The van der Waals surface area contributed by atoms with Crippen molar-refractivity contribution in [2.45, 2.75) is 19.4 Å². The van der Waals surface area contributed by atoms with E-state index >= 15 is 0 Å². The van der Waals surface area contributed by atoms with E-state index in [1.165, 1.54) is 5.56 Å². The Labute approximate surface area is 91.2 Å². The van der Waals surface area contributed by atoms with Crippen molar-refractivity contribution in [3.8, 4) is 6.07 Å². The van der Waals surface area contributed by atoms with Crippen LogP contribution in [0.1, 0.15) is 24.1 Å². The molecule has 0 saturated heterocycles. The highest BCUT2D eigenvalue weighted by Crippen LogP contribution is 2.17. The van der Waals surface area contributed by atoms with E-state index in [0.717, 1.165) is 12.0 Å². The number of nitrogens with zero attached hydrogens (tertiary/aromatic N) is 1. The van der Waals surface area contributed by atoms with E-state index < -0.39 is 0 Å². The van der Waals surface area contributed by atoms with Crippen molar-refractivity contribution in [3.63, 3.8) is 0 Å². The second kappa shape index (κ2) is 6.00. The number of aryl methyl sites for hydroxylation is 1. The smallest absolute Gasteiger partial charge is 0.121 e. The molecule has 1 aromatic rings. The molecule has 1 atom stereocenters. The lowest BCUT2D eigenvalue weighted by Crippen LogP contribution is -2.20. The Morgan fingerprint density at radius 2 is 2.27 bits per heavy atom. The standard InChI is InChI=1S/C13H16N2/c1-3-9-15-13(10-14)12-8-6-5-7-11(12)4-2/h3,5-8,13,15H,1,4,9H2,2H3. The second-order valence-corrected chi connectivity index (χ2v) is 3.31. The van der Waals surface area contributed by atoms with Gasteiger partial charge in [0.05, 0.1) is 6.07 Å². The van der Waals surface area contributed by atoms with Crippen molar-refractivity contribution < 1.29 is 0 Å². The average molecular weight is 200 g/mol. The molecule has 0 heterocycles. The summed E-state index contributed by atoms with van der Waals surface area (Å²) in [6, 6.07) is 10.1. The first-order valence-electron chi connectivity index (χ1n) is 5.15. The molecule has 0 amide bonds. The second-order valence-electron chi connectivity index (χ2n) is 3.31. The Kier molecular flexibility index (Phi) is 4.59. The zero-order valence-corrected chi connectivity index (χ0v) is 9.03. The Morgan fingerprint density at radius 3 is 2.87 bits per heavy atom. The van der Waals surface area contributed by atoms with E-state index in [1.54, 1.807) is 6.08 Å². The minimum absolute atomic E-state index is 0.237. The summed E-state index contributed by atoms with van der Waals surface area (Å²) in [5, 5.41) is 12.2. The van der Waals surface area contributed by atoms with Gasteiger partial charge in [-0.15, -0.1) is 6.58 Å². The van der Waals surface area contributed by atoms with Crippen LogP contribution in [0.2, 0.25) is 0 Å². The number of rotatable bonds is 5. The van der Waals surface area contributed by atoms with Crippen molar-refractivity contribution in [2.24, 2.45) is 0 Å². The molecule has 1 unspecified atom stereocenters. The molecule has 0 bridgehead atoms. The SMILES string of the molecule is C=CCNC(C#N)c1ccccc1CC. The lowest BCUT2D eigenvalue weighted by Gasteiger charge is -2.13. The van der Waals surface area contributed by atoms with Gasteiger partial charge in [-0.25, -0.2) is 0 Å². The molecule has 0 fully saturated rings. The van der Waals surface area contributed by atoms with Gasteiger partial charge in [0.1, 0.15) is 6.04 Å². The molecule has 2 heteroatoms. The van der Waals surface area contributed by atoms with Crippen LogP contribution in [0.25, 0.3) is 0 Å². The molecule has 1 N–H and O–H groups in total. The first-order chi connectivity index (χ1) is 7.33. The minimum atomic E-state index is -0.237. The first-order valence-corrected chi connectivity index (χ1v) is 5.15. The number of hydrogen-bond acceptors (Lipinski definition) is 2. The highest BCUT2D eigenvalue weighted by Gasteiger charge is 2.11. The third kappa shape index (κ3) is 2.93. The zero-order chi connectivity index (χ0) is 11.1. The van der Waals surface area contributed by atoms with E-state index in [9.17, 15) is 0 Å². The molecular weight excluding hydrogens is 184 g/mol. The van der Waals surface area contributed by atoms with Crippen LogP contribution in [0.5, 0.6) is 0 Å². The Hall–Kier alpha value is -1.59. The zero-order valence-electron chi connectivity index (χ0n) is 9.03. The summed E-state index contributed by atoms with van der Waals surface area (Å²) >= 11 is 0. The van der Waals surface area contributed by atoms with Crippen LogP contribution in [0.4, 0.5) is 0 Å². The third-order valence-electron chi connectivity index (χ3n) is 2.34. The van der Waals surface area contributed by atoms with E-state index in [-0.39, 0.29) is 6.04 Å². The van der Waals surface area contributed by atoms with Crippen LogP contribution in [0.3, 0.4) is 0 Å². The molecule has 15 heavy (non-hydrogen) atoms. The lowest BCUT2D eigenvalue weighted by molar-refractivity contribution is 0.677. The van der Waals surface area contributed by atoms with E-state index in [0.29, 0.717) is 6.54 Å². The molecular formula is C13H16N2. The van der Waals surface area contributed by atoms with Crippen molar-refractivity contribution in [1.82, 2.24) is 5.32 Å². The molecule has 0 aromatic heterocycles. The molecule has 0 saturated carbocycles. The number of nitrogens with one attached hydrogen (secondary N) is 1. The van der Waals surface area contributed by atoms with Gasteiger partial charge in [0.2, 0.25) is 0 Å². The summed E-state index contributed by atoms with van der Waals surface area (Å²) in [5.74, 6) is 0. The molecule has 0 aliphatic heterocycles. The maximum Gasteiger partial charge on any atom is 0.121 e. The van der Waals surface area contributed by atoms with Crippen LogP contribution >= 0.6 is 0 Å². The van der Waals surface area contributed by atoms with Gasteiger partial charge in [0.25, 0.3) is 0 Å². The van der Waals surface area contributed by atoms with Gasteiger partial charge >= 0.3 is 0 Å². The van der Waals surface area contributed by atoms with Gasteiger partial charge in [-0.3, -0.25) is 5.32 Å². The summed E-state index contributed by atoms with van der Waals surface area (Å²) in [5.41, 5.74) is 2.30. The maximum atomic E-state index is 9.08. The molecule has 0 radical (unpaired) electrons. The summed E-state index contributed by atoms with van der Waals surface area (Å²) < 4.78 is 0. The minimum Gasteiger partial charge on any atom is -0.295 e. The van der Waals surface area contributed by atoms with Gasteiger partial charge in [0, 0.05) is 6.54 Å². The topological polar surface area (TPSA) is 35.8 Å². The van der Waals surface area contributed by atoms with Crippen LogP contribution in [-0.4, -0.2) is 6.54 Å². The maximum absolute atomic E-state index is 9.08. The van der Waals surface area contributed by atoms with E-state index in [4.69, 9.17) is 5.26 Å². The fourth-order valence-electron chi connectivity index (χ4n) is 1.56. The van der Waals surface area contributed by atoms with Crippen LogP contribution in [-0.2, 0) is 6.42 Å². The molecule has 0 aliphatic rings. The lowest BCUT2D eigenvalue weighted by atomic mass is 9.99. The summed E-state index contributed by atoms with van der Waals surface area (Å²) in [6.07, 6.45) is 2.71. The Balaban J connectivity index is 2.91. The number of benzene rings is 1. The predicted octanol–water partition coefficient (Wildman–Crippen LogP) is 2.59. The van der Waals surface area contributed by atoms with Gasteiger partial charge < -0.3 is 0 Å². The van der Waals surface area contributed by atoms with Crippen molar-refractivity contribution in [1.29, 1.82) is 5.26 Å². The third-order valence-corrected chi connectivity index (χ3v) is 2.34. The van der Waals surface area contributed by atoms with Crippen LogP contribution < -0.4 is 5.32 Å². The molecule has 2 nitrogen and oxygen atoms in total. The molecule has 0 aliphatic carbocycles. The monoisotopic (exact) mass is 200 g/mol. The molecule has 1 aromatic carbocycles. The van der Waals surface area contributed by atoms with E-state index in [2.05, 4.69) is 31.0 Å². The largest absolute Gasteiger partial charge is 0.295 e. The van der Waals surface area contributed by atoms with Gasteiger partial charge in [0.15, 0.2) is 0 Å². The summed E-state index contributed by atoms with van der Waals surface area (Å²) in [6.45, 7) is 6.38. The van der Waals surface area contributed by atoms with Gasteiger partial charge in [-0.05, 0) is 17.5 Å². The molecule has 1 rings (SSSR count). The van der Waals surface area contributed by atoms with Gasteiger partial charge in [-0.2, -0.15) is 5.26 Å².